The van der Waals surface area contributed by atoms with Gasteiger partial charge >= 0.3 is 0 Å². The highest BCUT2D eigenvalue weighted by atomic mass is 16.5. The van der Waals surface area contributed by atoms with Crippen LogP contribution >= 0.6 is 0 Å². The Labute approximate surface area is 194 Å². The van der Waals surface area contributed by atoms with Gasteiger partial charge in [0, 0.05) is 6.61 Å². The van der Waals surface area contributed by atoms with Crippen LogP contribution in [0.4, 0.5) is 0 Å². The molecule has 6 unspecified atom stereocenters. The highest BCUT2D eigenvalue weighted by molar-refractivity contribution is 5.26. The number of ether oxygens (including phenoxy) is 2. The topological polar surface area (TPSA) is 79.2 Å². The molecule has 0 aromatic heterocycles. The minimum absolute atomic E-state index is 0.00222. The summed E-state index contributed by atoms with van der Waals surface area (Å²) in [4.78, 5) is 0. The van der Waals surface area contributed by atoms with Crippen LogP contribution < -0.4 is 0 Å². The molecule has 0 saturated heterocycles. The van der Waals surface area contributed by atoms with E-state index in [4.69, 9.17) is 14.6 Å². The van der Waals surface area contributed by atoms with Crippen LogP contribution in [-0.2, 0) is 9.47 Å². The summed E-state index contributed by atoms with van der Waals surface area (Å²) in [6.45, 7) is 9.29. The molecule has 3 N–H and O–H groups in total. The summed E-state index contributed by atoms with van der Waals surface area (Å²) in [6, 6.07) is 0. The summed E-state index contributed by atoms with van der Waals surface area (Å²) in [5.74, 6) is 1.18. The Morgan fingerprint density at radius 1 is 1.16 bits per heavy atom. The molecular formula is C27H46O5. The van der Waals surface area contributed by atoms with E-state index in [1.807, 2.05) is 13.8 Å². The van der Waals surface area contributed by atoms with Crippen LogP contribution in [0, 0.1) is 17.3 Å². The number of aliphatic hydroxyl groups excluding tert-OH is 2. The summed E-state index contributed by atoms with van der Waals surface area (Å²) >= 11 is 0. The highest BCUT2D eigenvalue weighted by Gasteiger charge is 2.51. The molecule has 3 rings (SSSR count). The van der Waals surface area contributed by atoms with Crippen molar-refractivity contribution in [1.82, 2.24) is 0 Å². The molecule has 6 atom stereocenters. The first-order valence-electron chi connectivity index (χ1n) is 12.8. The molecular weight excluding hydrogens is 404 g/mol. The van der Waals surface area contributed by atoms with Gasteiger partial charge in [0.1, 0.15) is 0 Å². The average Bonchev–Trinajstić information content (AvgIpc) is 3.08. The highest BCUT2D eigenvalue weighted by Crippen LogP contribution is 2.58. The van der Waals surface area contributed by atoms with E-state index in [1.54, 1.807) is 5.57 Å². The predicted molar refractivity (Wildman–Crippen MR) is 127 cm³/mol. The van der Waals surface area contributed by atoms with E-state index < -0.39 is 11.7 Å². The van der Waals surface area contributed by atoms with Gasteiger partial charge in [0.2, 0.25) is 0 Å². The molecule has 0 aliphatic heterocycles. The lowest BCUT2D eigenvalue weighted by atomic mass is 9.62. The summed E-state index contributed by atoms with van der Waals surface area (Å²) < 4.78 is 11.8. The third kappa shape index (κ3) is 6.44. The third-order valence-corrected chi connectivity index (χ3v) is 8.31. The minimum Gasteiger partial charge on any atom is -0.394 e. The molecule has 0 heterocycles. The van der Waals surface area contributed by atoms with E-state index in [1.165, 1.54) is 37.7 Å². The van der Waals surface area contributed by atoms with Crippen LogP contribution in [0.5, 0.6) is 0 Å². The van der Waals surface area contributed by atoms with Gasteiger partial charge in [-0.05, 0) is 95.8 Å². The Morgan fingerprint density at radius 2 is 1.94 bits per heavy atom. The summed E-state index contributed by atoms with van der Waals surface area (Å²) in [7, 11) is 0. The zero-order chi connectivity index (χ0) is 23.4. The Bertz CT molecular complexity index is 663. The fourth-order valence-corrected chi connectivity index (χ4v) is 6.46. The van der Waals surface area contributed by atoms with Crippen molar-refractivity contribution < 1.29 is 24.8 Å². The molecule has 0 aromatic carbocycles. The smallest absolute Gasteiger partial charge is 0.0841 e. The molecule has 5 heteroatoms. The fourth-order valence-electron chi connectivity index (χ4n) is 6.46. The molecule has 0 aromatic rings. The maximum Gasteiger partial charge on any atom is 0.0841 e. The van der Waals surface area contributed by atoms with Gasteiger partial charge in [-0.25, -0.2) is 0 Å². The van der Waals surface area contributed by atoms with Crippen LogP contribution in [-0.4, -0.2) is 59.1 Å². The normalized spacial score (nSPS) is 37.1. The van der Waals surface area contributed by atoms with Crippen molar-refractivity contribution in [2.75, 3.05) is 19.8 Å². The van der Waals surface area contributed by atoms with Crippen LogP contribution in [0.15, 0.2) is 23.3 Å². The standard InChI is InChI=1S/C27H46O5/c1-19(31-16-14-26(2,3)30)22-10-11-23-21(6-5-13-27(22,23)4)9-7-20-8-12-25(24(29)18-20)32-17-15-28/h7,9,19,22-25,28-30H,5-6,8,10-18H2,1-4H3/b20-7-,21-9+. The second-order valence-electron chi connectivity index (χ2n) is 11.2. The molecule has 0 radical (unpaired) electrons. The second kappa shape index (κ2) is 11.1. The number of rotatable bonds is 9. The monoisotopic (exact) mass is 450 g/mol. The predicted octanol–water partition coefficient (Wildman–Crippen LogP) is 4.54. The van der Waals surface area contributed by atoms with Gasteiger partial charge in [-0.1, -0.05) is 30.2 Å². The number of hydrogen-bond acceptors (Lipinski definition) is 5. The van der Waals surface area contributed by atoms with Crippen LogP contribution in [0.2, 0.25) is 0 Å². The zero-order valence-corrected chi connectivity index (χ0v) is 20.7. The Hall–Kier alpha value is -0.720. The molecule has 0 bridgehead atoms. The summed E-state index contributed by atoms with van der Waals surface area (Å²) in [5.41, 5.74) is 2.49. The quantitative estimate of drug-likeness (QED) is 0.480. The number of aliphatic hydroxyl groups is 3. The van der Waals surface area contributed by atoms with Crippen molar-refractivity contribution in [3.8, 4) is 0 Å². The lowest BCUT2D eigenvalue weighted by Crippen LogP contribution is -2.39. The van der Waals surface area contributed by atoms with Gasteiger partial charge in [-0.2, -0.15) is 0 Å². The van der Waals surface area contributed by atoms with Crippen molar-refractivity contribution in [2.45, 2.75) is 109 Å². The molecule has 0 amide bonds. The van der Waals surface area contributed by atoms with Crippen molar-refractivity contribution in [3.05, 3.63) is 23.3 Å². The second-order valence-corrected chi connectivity index (χ2v) is 11.2. The summed E-state index contributed by atoms with van der Waals surface area (Å²) in [5, 5.41) is 29.3. The molecule has 3 aliphatic rings. The van der Waals surface area contributed by atoms with E-state index in [0.717, 1.165) is 12.8 Å². The fraction of sp³-hybridized carbons (Fsp3) is 0.852. The van der Waals surface area contributed by atoms with E-state index in [9.17, 15) is 10.2 Å². The molecule has 184 valence electrons. The van der Waals surface area contributed by atoms with Gasteiger partial charge < -0.3 is 24.8 Å². The van der Waals surface area contributed by atoms with E-state index >= 15 is 0 Å². The lowest BCUT2D eigenvalue weighted by molar-refractivity contribution is -0.0582. The Kier molecular flexibility index (Phi) is 9.01. The number of fused-ring (bicyclic) bond motifs is 1. The lowest BCUT2D eigenvalue weighted by Gasteiger charge is -2.44. The molecule has 5 nitrogen and oxygen atoms in total. The Balaban J connectivity index is 1.61. The van der Waals surface area contributed by atoms with Gasteiger partial charge in [0.05, 0.1) is 37.1 Å². The van der Waals surface area contributed by atoms with E-state index in [2.05, 4.69) is 26.0 Å². The SMILES string of the molecule is CC(OCCC(C)(C)O)C1CCC2/C(=C/C=C3/CCC(OCCO)C(O)C3)CCCC21C. The molecule has 3 aliphatic carbocycles. The molecule has 3 fully saturated rings. The third-order valence-electron chi connectivity index (χ3n) is 8.31. The van der Waals surface area contributed by atoms with Gasteiger partial charge in [0.25, 0.3) is 0 Å². The number of allylic oxidation sites excluding steroid dienone is 3. The van der Waals surface area contributed by atoms with Gasteiger partial charge in [-0.3, -0.25) is 0 Å². The zero-order valence-electron chi connectivity index (χ0n) is 20.7. The van der Waals surface area contributed by atoms with Gasteiger partial charge in [-0.15, -0.1) is 0 Å². The number of hydrogen-bond donors (Lipinski definition) is 3. The van der Waals surface area contributed by atoms with Crippen LogP contribution in [0.3, 0.4) is 0 Å². The maximum absolute atomic E-state index is 10.4. The van der Waals surface area contributed by atoms with Crippen molar-refractivity contribution in [3.63, 3.8) is 0 Å². The largest absolute Gasteiger partial charge is 0.394 e. The van der Waals surface area contributed by atoms with Crippen LogP contribution in [0.1, 0.15) is 85.5 Å². The first kappa shape index (κ1) is 25.9. The van der Waals surface area contributed by atoms with Crippen molar-refractivity contribution >= 4 is 0 Å². The molecule has 0 spiro atoms. The first-order chi connectivity index (χ1) is 15.1. The maximum atomic E-state index is 10.4. The van der Waals surface area contributed by atoms with E-state index in [0.29, 0.717) is 37.9 Å². The average molecular weight is 451 g/mol. The minimum atomic E-state index is -0.673. The first-order valence-corrected chi connectivity index (χ1v) is 12.8. The molecule has 3 saturated carbocycles. The van der Waals surface area contributed by atoms with Crippen molar-refractivity contribution in [1.29, 1.82) is 0 Å². The van der Waals surface area contributed by atoms with Gasteiger partial charge in [0.15, 0.2) is 0 Å². The summed E-state index contributed by atoms with van der Waals surface area (Å²) in [6.07, 6.45) is 13.4. The van der Waals surface area contributed by atoms with E-state index in [-0.39, 0.29) is 24.2 Å². The van der Waals surface area contributed by atoms with Crippen molar-refractivity contribution in [2.24, 2.45) is 17.3 Å². The van der Waals surface area contributed by atoms with Crippen LogP contribution in [0.25, 0.3) is 0 Å². The molecule has 32 heavy (non-hydrogen) atoms. The Morgan fingerprint density at radius 3 is 2.62 bits per heavy atom.